The van der Waals surface area contributed by atoms with E-state index in [1.165, 1.54) is 0 Å². The Kier molecular flexibility index (Phi) is 4.21. The second-order valence-corrected chi connectivity index (χ2v) is 3.41. The molecule has 0 spiro atoms. The van der Waals surface area contributed by atoms with Crippen LogP contribution in [0.3, 0.4) is 0 Å². The molecule has 2 N–H and O–H groups in total. The van der Waals surface area contributed by atoms with Gasteiger partial charge in [0, 0.05) is 24.7 Å². The molecule has 1 aromatic heterocycles. The molecule has 0 aromatic carbocycles. The molecule has 2 unspecified atom stereocenters. The maximum absolute atomic E-state index is 5.29. The summed E-state index contributed by atoms with van der Waals surface area (Å²) in [6.07, 6.45) is 8.87. The van der Waals surface area contributed by atoms with Gasteiger partial charge >= 0.3 is 0 Å². The summed E-state index contributed by atoms with van der Waals surface area (Å²) in [7, 11) is 0. The molecule has 0 aliphatic carbocycles. The SMILES string of the molecule is C#CCC(CC)NC(C)c1ccn[nH]1. The lowest BCUT2D eigenvalue weighted by atomic mass is 10.1. The molecule has 2 atom stereocenters. The van der Waals surface area contributed by atoms with E-state index in [-0.39, 0.29) is 6.04 Å². The van der Waals surface area contributed by atoms with Crippen LogP contribution in [-0.4, -0.2) is 16.2 Å². The summed E-state index contributed by atoms with van der Waals surface area (Å²) in [6.45, 7) is 4.24. The molecule has 14 heavy (non-hydrogen) atoms. The molecule has 0 bridgehead atoms. The molecule has 1 rings (SSSR count). The summed E-state index contributed by atoms with van der Waals surface area (Å²) in [5.74, 6) is 2.68. The molecule has 0 aliphatic heterocycles. The highest BCUT2D eigenvalue weighted by Crippen LogP contribution is 2.10. The Morgan fingerprint density at radius 3 is 3.00 bits per heavy atom. The van der Waals surface area contributed by atoms with E-state index in [1.807, 2.05) is 6.07 Å². The van der Waals surface area contributed by atoms with Crippen molar-refractivity contribution < 1.29 is 0 Å². The Morgan fingerprint density at radius 1 is 1.71 bits per heavy atom. The molecule has 76 valence electrons. The van der Waals surface area contributed by atoms with E-state index >= 15 is 0 Å². The van der Waals surface area contributed by atoms with E-state index in [1.54, 1.807) is 6.20 Å². The fourth-order valence-corrected chi connectivity index (χ4v) is 1.41. The van der Waals surface area contributed by atoms with Crippen molar-refractivity contribution in [1.82, 2.24) is 15.5 Å². The highest BCUT2D eigenvalue weighted by molar-refractivity contribution is 5.04. The number of H-pyrrole nitrogens is 1. The van der Waals surface area contributed by atoms with Crippen LogP contribution in [0.2, 0.25) is 0 Å². The van der Waals surface area contributed by atoms with Crippen LogP contribution in [0.1, 0.15) is 38.4 Å². The number of hydrogen-bond acceptors (Lipinski definition) is 2. The van der Waals surface area contributed by atoms with Crippen LogP contribution < -0.4 is 5.32 Å². The first kappa shape index (κ1) is 10.8. The van der Waals surface area contributed by atoms with Crippen LogP contribution in [-0.2, 0) is 0 Å². The molecule has 1 heterocycles. The summed E-state index contributed by atoms with van der Waals surface area (Å²) in [6, 6.07) is 2.63. The van der Waals surface area contributed by atoms with E-state index in [4.69, 9.17) is 6.42 Å². The number of aromatic nitrogens is 2. The molecule has 0 saturated heterocycles. The minimum atomic E-state index is 0.274. The van der Waals surface area contributed by atoms with Gasteiger partial charge in [-0.1, -0.05) is 6.92 Å². The van der Waals surface area contributed by atoms with Crippen LogP contribution in [0.15, 0.2) is 12.3 Å². The summed E-state index contributed by atoms with van der Waals surface area (Å²) in [5.41, 5.74) is 1.10. The van der Waals surface area contributed by atoms with Gasteiger partial charge in [0.15, 0.2) is 0 Å². The fourth-order valence-electron chi connectivity index (χ4n) is 1.41. The second kappa shape index (κ2) is 5.46. The molecule has 0 radical (unpaired) electrons. The number of nitrogens with one attached hydrogen (secondary N) is 2. The van der Waals surface area contributed by atoms with Crippen molar-refractivity contribution in [3.63, 3.8) is 0 Å². The second-order valence-electron chi connectivity index (χ2n) is 3.41. The zero-order valence-corrected chi connectivity index (χ0v) is 8.75. The summed E-state index contributed by atoms with van der Waals surface area (Å²) >= 11 is 0. The number of nitrogens with zero attached hydrogens (tertiary/aromatic N) is 1. The van der Waals surface area contributed by atoms with Crippen molar-refractivity contribution in [2.75, 3.05) is 0 Å². The van der Waals surface area contributed by atoms with Crippen LogP contribution in [0, 0.1) is 12.3 Å². The molecule has 0 amide bonds. The Balaban J connectivity index is 2.47. The lowest BCUT2D eigenvalue weighted by Crippen LogP contribution is -2.30. The maximum atomic E-state index is 5.29. The molecular formula is C11H17N3. The quantitative estimate of drug-likeness (QED) is 0.697. The highest BCUT2D eigenvalue weighted by Gasteiger charge is 2.11. The van der Waals surface area contributed by atoms with Crippen LogP contribution in [0.4, 0.5) is 0 Å². The van der Waals surface area contributed by atoms with E-state index in [2.05, 4.69) is 35.3 Å². The minimum Gasteiger partial charge on any atom is -0.305 e. The van der Waals surface area contributed by atoms with Crippen molar-refractivity contribution in [1.29, 1.82) is 0 Å². The zero-order chi connectivity index (χ0) is 10.4. The Bertz CT molecular complexity index is 284. The topological polar surface area (TPSA) is 40.7 Å². The zero-order valence-electron chi connectivity index (χ0n) is 8.75. The standard InChI is InChI=1S/C11H17N3/c1-4-6-10(5-2)13-9(3)11-7-8-12-14-11/h1,7-10,13H,5-6H2,2-3H3,(H,12,14). The first-order valence-electron chi connectivity index (χ1n) is 4.96. The van der Waals surface area contributed by atoms with E-state index in [0.717, 1.165) is 18.5 Å². The van der Waals surface area contributed by atoms with Gasteiger partial charge in [-0.3, -0.25) is 5.10 Å². The first-order chi connectivity index (χ1) is 6.77. The van der Waals surface area contributed by atoms with Gasteiger partial charge in [0.2, 0.25) is 0 Å². The van der Waals surface area contributed by atoms with Gasteiger partial charge in [-0.05, 0) is 19.4 Å². The molecule has 3 heteroatoms. The van der Waals surface area contributed by atoms with E-state index in [9.17, 15) is 0 Å². The minimum absolute atomic E-state index is 0.274. The summed E-state index contributed by atoms with van der Waals surface area (Å²) in [4.78, 5) is 0. The van der Waals surface area contributed by atoms with Crippen LogP contribution >= 0.6 is 0 Å². The van der Waals surface area contributed by atoms with Gasteiger partial charge in [0.05, 0.1) is 5.69 Å². The predicted molar refractivity (Wildman–Crippen MR) is 57.7 cm³/mol. The lowest BCUT2D eigenvalue weighted by molar-refractivity contribution is 0.443. The van der Waals surface area contributed by atoms with Crippen molar-refractivity contribution in [3.8, 4) is 12.3 Å². The molecule has 0 saturated carbocycles. The van der Waals surface area contributed by atoms with Crippen molar-refractivity contribution in [2.24, 2.45) is 0 Å². The normalized spacial score (nSPS) is 14.6. The number of aromatic amines is 1. The lowest BCUT2D eigenvalue weighted by Gasteiger charge is -2.19. The molecular weight excluding hydrogens is 174 g/mol. The Hall–Kier alpha value is -1.27. The number of rotatable bonds is 5. The largest absolute Gasteiger partial charge is 0.305 e. The average molecular weight is 191 g/mol. The average Bonchev–Trinajstić information content (AvgIpc) is 2.69. The highest BCUT2D eigenvalue weighted by atomic mass is 15.1. The van der Waals surface area contributed by atoms with Crippen molar-refractivity contribution >= 4 is 0 Å². The third-order valence-electron chi connectivity index (χ3n) is 2.33. The molecule has 1 aromatic rings. The monoisotopic (exact) mass is 191 g/mol. The van der Waals surface area contributed by atoms with E-state index in [0.29, 0.717) is 6.04 Å². The van der Waals surface area contributed by atoms with Gasteiger partial charge in [-0.15, -0.1) is 12.3 Å². The van der Waals surface area contributed by atoms with Gasteiger partial charge in [-0.25, -0.2) is 0 Å². The first-order valence-corrected chi connectivity index (χ1v) is 4.96. The Morgan fingerprint density at radius 2 is 2.50 bits per heavy atom. The van der Waals surface area contributed by atoms with Gasteiger partial charge in [0.25, 0.3) is 0 Å². The number of terminal acetylenes is 1. The van der Waals surface area contributed by atoms with Crippen molar-refractivity contribution in [3.05, 3.63) is 18.0 Å². The predicted octanol–water partition coefficient (Wildman–Crippen LogP) is 1.86. The number of hydrogen-bond donors (Lipinski definition) is 2. The smallest absolute Gasteiger partial charge is 0.0518 e. The Labute approximate surface area is 85.3 Å². The van der Waals surface area contributed by atoms with Gasteiger partial charge < -0.3 is 5.32 Å². The molecule has 3 nitrogen and oxygen atoms in total. The van der Waals surface area contributed by atoms with E-state index < -0.39 is 0 Å². The van der Waals surface area contributed by atoms with Gasteiger partial charge in [0.1, 0.15) is 0 Å². The summed E-state index contributed by atoms with van der Waals surface area (Å²) in [5, 5.41) is 10.3. The van der Waals surface area contributed by atoms with Crippen LogP contribution in [0.5, 0.6) is 0 Å². The summed E-state index contributed by atoms with van der Waals surface area (Å²) < 4.78 is 0. The van der Waals surface area contributed by atoms with Gasteiger partial charge in [-0.2, -0.15) is 5.10 Å². The third-order valence-corrected chi connectivity index (χ3v) is 2.33. The molecule has 0 aliphatic rings. The fraction of sp³-hybridized carbons (Fsp3) is 0.545. The van der Waals surface area contributed by atoms with Crippen LogP contribution in [0.25, 0.3) is 0 Å². The maximum Gasteiger partial charge on any atom is 0.0518 e. The molecule has 0 fully saturated rings. The van der Waals surface area contributed by atoms with Crippen molar-refractivity contribution in [2.45, 2.75) is 38.8 Å². The third kappa shape index (κ3) is 2.90.